The first kappa shape index (κ1) is 22.9. The van der Waals surface area contributed by atoms with Crippen molar-refractivity contribution in [3.63, 3.8) is 0 Å². The van der Waals surface area contributed by atoms with Crippen LogP contribution in [0.2, 0.25) is 0 Å². The highest BCUT2D eigenvalue weighted by atomic mass is 16.1. The van der Waals surface area contributed by atoms with Gasteiger partial charge in [0.05, 0.1) is 17.2 Å². The summed E-state index contributed by atoms with van der Waals surface area (Å²) < 4.78 is 0. The van der Waals surface area contributed by atoms with Crippen molar-refractivity contribution >= 4 is 16.7 Å². The number of fused-ring (bicyclic) bond motifs is 4. The summed E-state index contributed by atoms with van der Waals surface area (Å²) in [5.74, 6) is 0.654. The number of aromatic amines is 1. The Balaban J connectivity index is 0.000000547. The van der Waals surface area contributed by atoms with E-state index in [0.717, 1.165) is 65.6 Å². The van der Waals surface area contributed by atoms with Crippen LogP contribution in [-0.2, 0) is 11.8 Å². The smallest absolute Gasteiger partial charge is 0.195 e. The van der Waals surface area contributed by atoms with Crippen LogP contribution < -0.4 is 5.32 Å². The second-order valence-corrected chi connectivity index (χ2v) is 10.6. The van der Waals surface area contributed by atoms with Gasteiger partial charge in [0, 0.05) is 27.6 Å². The summed E-state index contributed by atoms with van der Waals surface area (Å²) in [5, 5.41) is 13.6. The van der Waals surface area contributed by atoms with Crippen LogP contribution in [0, 0.1) is 11.3 Å². The first-order valence-corrected chi connectivity index (χ1v) is 12.9. The minimum Gasteiger partial charge on any atom is -0.357 e. The lowest BCUT2D eigenvalue weighted by atomic mass is 9.69. The monoisotopic (exact) mass is 453 g/mol. The van der Waals surface area contributed by atoms with E-state index >= 15 is 0 Å². The van der Waals surface area contributed by atoms with E-state index in [9.17, 15) is 10.1 Å². The van der Waals surface area contributed by atoms with Gasteiger partial charge in [0.1, 0.15) is 0 Å². The van der Waals surface area contributed by atoms with E-state index in [1.807, 2.05) is 12.1 Å². The van der Waals surface area contributed by atoms with Crippen molar-refractivity contribution in [3.05, 3.63) is 69.4 Å². The predicted molar refractivity (Wildman–Crippen MR) is 138 cm³/mol. The Morgan fingerprint density at radius 1 is 1.06 bits per heavy atom. The molecule has 3 aromatic rings. The zero-order chi connectivity index (χ0) is 23.9. The average Bonchev–Trinajstić information content (AvgIpc) is 3.21. The number of piperidine rings is 1. The summed E-state index contributed by atoms with van der Waals surface area (Å²) in [6.07, 6.45) is 9.23. The van der Waals surface area contributed by atoms with E-state index in [2.05, 4.69) is 49.3 Å². The third-order valence-corrected chi connectivity index (χ3v) is 8.14. The van der Waals surface area contributed by atoms with Gasteiger partial charge in [0.2, 0.25) is 0 Å². The molecule has 0 unspecified atom stereocenters. The lowest BCUT2D eigenvalue weighted by molar-refractivity contribution is 0.103. The number of aromatic nitrogens is 1. The molecule has 0 radical (unpaired) electrons. The topological polar surface area (TPSA) is 68.7 Å². The molecular formula is C30H35N3O. The van der Waals surface area contributed by atoms with Gasteiger partial charge in [0.15, 0.2) is 5.78 Å². The number of H-pyrrole nitrogens is 1. The molecule has 4 heteroatoms. The van der Waals surface area contributed by atoms with Gasteiger partial charge in [-0.1, -0.05) is 58.6 Å². The van der Waals surface area contributed by atoms with Gasteiger partial charge < -0.3 is 10.3 Å². The van der Waals surface area contributed by atoms with E-state index in [1.54, 1.807) is 6.07 Å². The number of hydrogen-bond acceptors (Lipinski definition) is 3. The summed E-state index contributed by atoms with van der Waals surface area (Å²) in [4.78, 5) is 17.2. The summed E-state index contributed by atoms with van der Waals surface area (Å²) in [7, 11) is 0. The summed E-state index contributed by atoms with van der Waals surface area (Å²) in [6, 6.07) is 12.2. The lowest BCUT2D eigenvalue weighted by Crippen LogP contribution is -2.32. The Labute approximate surface area is 202 Å². The molecule has 1 aromatic heterocycles. The van der Waals surface area contributed by atoms with Crippen molar-refractivity contribution in [2.24, 2.45) is 0 Å². The zero-order valence-electron chi connectivity index (χ0n) is 20.7. The van der Waals surface area contributed by atoms with E-state index in [4.69, 9.17) is 0 Å². The summed E-state index contributed by atoms with van der Waals surface area (Å²) in [6.45, 7) is 8.71. The second kappa shape index (κ2) is 9.04. The molecule has 176 valence electrons. The number of ketones is 1. The first-order valence-electron chi connectivity index (χ1n) is 12.9. The second-order valence-electron chi connectivity index (χ2n) is 10.6. The normalized spacial score (nSPS) is 18.8. The lowest BCUT2D eigenvalue weighted by Gasteiger charge is -2.35. The fourth-order valence-electron chi connectivity index (χ4n) is 5.68. The predicted octanol–water partition coefficient (Wildman–Crippen LogP) is 6.50. The zero-order valence-corrected chi connectivity index (χ0v) is 20.7. The molecule has 2 fully saturated rings. The number of carbonyl (C=O) groups is 1. The number of aryl methyl sites for hydroxylation is 1. The van der Waals surface area contributed by atoms with Crippen LogP contribution in [0.15, 0.2) is 30.3 Å². The van der Waals surface area contributed by atoms with E-state index in [1.165, 1.54) is 36.8 Å². The Morgan fingerprint density at radius 2 is 1.76 bits per heavy atom. The molecule has 4 nitrogen and oxygen atoms in total. The van der Waals surface area contributed by atoms with Crippen LogP contribution in [-0.4, -0.2) is 23.9 Å². The van der Waals surface area contributed by atoms with Crippen molar-refractivity contribution in [2.75, 3.05) is 13.1 Å². The molecule has 34 heavy (non-hydrogen) atoms. The SMILES string of the molecule is C1CCC1.CCc1cc2c(cc1C1CCNCC1)C(C)(C)c1[nH]c3cc(C#N)ccc3c1C2=O. The van der Waals surface area contributed by atoms with Crippen molar-refractivity contribution in [1.29, 1.82) is 5.26 Å². The average molecular weight is 454 g/mol. The van der Waals surface area contributed by atoms with Gasteiger partial charge in [0.25, 0.3) is 0 Å². The molecule has 2 N–H and O–H groups in total. The molecule has 2 aliphatic carbocycles. The molecule has 3 aliphatic rings. The fourth-order valence-corrected chi connectivity index (χ4v) is 5.68. The highest BCUT2D eigenvalue weighted by Gasteiger charge is 2.40. The molecular weight excluding hydrogens is 418 g/mol. The standard InChI is InChI=1S/C26H27N3O.C4H8/c1-4-16-12-20-21(13-19(16)17-7-9-28-10-8-17)26(2,3)25-23(24(20)30)18-6-5-15(14-27)11-22(18)29-25;1-2-4-3-1/h5-6,11-13,17,28-29H,4,7-10H2,1-3H3;1-4H2. The van der Waals surface area contributed by atoms with Gasteiger partial charge in [-0.05, 0) is 73.2 Å². The van der Waals surface area contributed by atoms with Gasteiger partial charge in [-0.15, -0.1) is 0 Å². The van der Waals surface area contributed by atoms with Crippen LogP contribution in [0.25, 0.3) is 10.9 Å². The van der Waals surface area contributed by atoms with Crippen LogP contribution >= 0.6 is 0 Å². The number of nitrogens with zero attached hydrogens (tertiary/aromatic N) is 1. The molecule has 1 aliphatic heterocycles. The number of nitrogens with one attached hydrogen (secondary N) is 2. The van der Waals surface area contributed by atoms with E-state index in [0.29, 0.717) is 11.5 Å². The first-order chi connectivity index (χ1) is 16.5. The van der Waals surface area contributed by atoms with Crippen LogP contribution in [0.5, 0.6) is 0 Å². The molecule has 0 atom stereocenters. The van der Waals surface area contributed by atoms with Crippen LogP contribution in [0.4, 0.5) is 0 Å². The third-order valence-electron chi connectivity index (χ3n) is 8.14. The van der Waals surface area contributed by atoms with E-state index < -0.39 is 0 Å². The molecule has 1 saturated heterocycles. The Morgan fingerprint density at radius 3 is 2.38 bits per heavy atom. The van der Waals surface area contributed by atoms with E-state index in [-0.39, 0.29) is 11.2 Å². The number of rotatable bonds is 2. The maximum absolute atomic E-state index is 13.7. The molecule has 1 saturated carbocycles. The Bertz CT molecular complexity index is 1280. The van der Waals surface area contributed by atoms with Crippen molar-refractivity contribution in [1.82, 2.24) is 10.3 Å². The minimum absolute atomic E-state index is 0.0989. The van der Waals surface area contributed by atoms with Crippen molar-refractivity contribution in [3.8, 4) is 6.07 Å². The molecule has 0 spiro atoms. The molecule has 2 heterocycles. The van der Waals surface area contributed by atoms with Gasteiger partial charge in [-0.2, -0.15) is 5.26 Å². The van der Waals surface area contributed by atoms with Crippen molar-refractivity contribution in [2.45, 2.75) is 77.0 Å². The Hall–Kier alpha value is -2.90. The van der Waals surface area contributed by atoms with Crippen LogP contribution in [0.3, 0.4) is 0 Å². The van der Waals surface area contributed by atoms with Gasteiger partial charge >= 0.3 is 0 Å². The summed E-state index contributed by atoms with van der Waals surface area (Å²) >= 11 is 0. The number of nitriles is 1. The van der Waals surface area contributed by atoms with Crippen LogP contribution in [0.1, 0.15) is 109 Å². The number of carbonyl (C=O) groups excluding carboxylic acids is 1. The highest BCUT2D eigenvalue weighted by Crippen LogP contribution is 2.45. The summed E-state index contributed by atoms with van der Waals surface area (Å²) in [5.41, 5.74) is 7.58. The fraction of sp³-hybridized carbons (Fsp3) is 0.467. The number of hydrogen-bond donors (Lipinski definition) is 2. The Kier molecular flexibility index (Phi) is 6.08. The molecule has 0 bridgehead atoms. The molecule has 6 rings (SSSR count). The molecule has 2 aromatic carbocycles. The van der Waals surface area contributed by atoms with Crippen molar-refractivity contribution < 1.29 is 4.79 Å². The largest absolute Gasteiger partial charge is 0.357 e. The minimum atomic E-state index is -0.307. The molecule has 0 amide bonds. The van der Waals surface area contributed by atoms with Gasteiger partial charge in [-0.25, -0.2) is 0 Å². The quantitative estimate of drug-likeness (QED) is 0.465. The maximum atomic E-state index is 13.7. The maximum Gasteiger partial charge on any atom is 0.195 e. The number of benzene rings is 2. The third kappa shape index (κ3) is 3.77. The van der Waals surface area contributed by atoms with Gasteiger partial charge in [-0.3, -0.25) is 4.79 Å². The highest BCUT2D eigenvalue weighted by molar-refractivity contribution is 6.20.